The molecule has 1 unspecified atom stereocenters. The van der Waals surface area contributed by atoms with E-state index in [1.807, 2.05) is 0 Å². The fourth-order valence-corrected chi connectivity index (χ4v) is 0.969. The van der Waals surface area contributed by atoms with E-state index in [-0.39, 0.29) is 6.10 Å². The highest BCUT2D eigenvalue weighted by atomic mass is 16.6. The van der Waals surface area contributed by atoms with Crippen molar-refractivity contribution in [3.8, 4) is 0 Å². The maximum absolute atomic E-state index is 9.07. The molecule has 0 radical (unpaired) electrons. The van der Waals surface area contributed by atoms with E-state index >= 15 is 0 Å². The number of methoxy groups -OCH3 is 3. The molecule has 1 atom stereocenters. The summed E-state index contributed by atoms with van der Waals surface area (Å²) < 4.78 is 20.0. The largest absolute Gasteiger partial charge is 0.382 e. The number of hydrogen-bond donors (Lipinski definition) is 1. The average Bonchev–Trinajstić information content (AvgIpc) is 2.18. The second kappa shape index (κ2) is 9.36. The Morgan fingerprint density at radius 1 is 1.07 bits per heavy atom. The molecule has 14 heavy (non-hydrogen) atoms. The lowest BCUT2D eigenvalue weighted by Gasteiger charge is -2.17. The van der Waals surface area contributed by atoms with Crippen molar-refractivity contribution in [3.05, 3.63) is 0 Å². The Balaban J connectivity index is 3.49. The Hall–Kier alpha value is -0.200. The molecule has 0 heterocycles. The summed E-state index contributed by atoms with van der Waals surface area (Å²) in [5, 5.41) is 9.07. The van der Waals surface area contributed by atoms with Crippen LogP contribution in [0, 0.1) is 0 Å². The summed E-state index contributed by atoms with van der Waals surface area (Å²) in [6, 6.07) is 0. The SMILES string of the molecule is COCC(COC)OCCC(O)OC. The number of ether oxygens (including phenoxy) is 4. The number of rotatable bonds is 9. The van der Waals surface area contributed by atoms with Crippen LogP contribution in [0.25, 0.3) is 0 Å². The normalized spacial score (nSPS) is 13.5. The lowest BCUT2D eigenvalue weighted by atomic mass is 10.4. The van der Waals surface area contributed by atoms with Gasteiger partial charge < -0.3 is 24.1 Å². The van der Waals surface area contributed by atoms with Crippen LogP contribution in [0.4, 0.5) is 0 Å². The van der Waals surface area contributed by atoms with Crippen molar-refractivity contribution in [2.24, 2.45) is 0 Å². The summed E-state index contributed by atoms with van der Waals surface area (Å²) in [4.78, 5) is 0. The molecule has 0 aliphatic carbocycles. The molecule has 0 aromatic heterocycles. The van der Waals surface area contributed by atoms with E-state index in [4.69, 9.17) is 19.3 Å². The van der Waals surface area contributed by atoms with Gasteiger partial charge in [-0.1, -0.05) is 0 Å². The minimum atomic E-state index is -0.763. The van der Waals surface area contributed by atoms with E-state index in [0.29, 0.717) is 26.2 Å². The third-order valence-electron chi connectivity index (χ3n) is 1.70. The molecule has 0 saturated heterocycles. The first-order valence-corrected chi connectivity index (χ1v) is 4.55. The molecule has 0 amide bonds. The van der Waals surface area contributed by atoms with Gasteiger partial charge in [0.15, 0.2) is 6.29 Å². The molecule has 0 spiro atoms. The first kappa shape index (κ1) is 13.8. The maximum atomic E-state index is 9.07. The van der Waals surface area contributed by atoms with Gasteiger partial charge in [-0.3, -0.25) is 0 Å². The van der Waals surface area contributed by atoms with Crippen LogP contribution in [0.2, 0.25) is 0 Å². The molecule has 0 aromatic rings. The first-order chi connectivity index (χ1) is 6.74. The zero-order valence-electron chi connectivity index (χ0n) is 9.06. The summed E-state index contributed by atoms with van der Waals surface area (Å²) in [7, 11) is 4.67. The lowest BCUT2D eigenvalue weighted by molar-refractivity contribution is -0.106. The van der Waals surface area contributed by atoms with Gasteiger partial charge in [-0.05, 0) is 0 Å². The third kappa shape index (κ3) is 7.23. The summed E-state index contributed by atoms with van der Waals surface area (Å²) in [5.74, 6) is 0. The van der Waals surface area contributed by atoms with Crippen LogP contribution in [0.1, 0.15) is 6.42 Å². The van der Waals surface area contributed by atoms with Crippen molar-refractivity contribution >= 4 is 0 Å². The van der Waals surface area contributed by atoms with Crippen molar-refractivity contribution in [1.29, 1.82) is 0 Å². The van der Waals surface area contributed by atoms with Gasteiger partial charge in [0.05, 0.1) is 19.8 Å². The summed E-state index contributed by atoms with van der Waals surface area (Å²) in [6.07, 6.45) is -0.407. The van der Waals surface area contributed by atoms with Gasteiger partial charge in [-0.15, -0.1) is 0 Å². The van der Waals surface area contributed by atoms with Gasteiger partial charge in [-0.25, -0.2) is 0 Å². The van der Waals surface area contributed by atoms with Crippen LogP contribution in [0.15, 0.2) is 0 Å². The second-order valence-corrected chi connectivity index (χ2v) is 2.88. The molecular weight excluding hydrogens is 188 g/mol. The van der Waals surface area contributed by atoms with Crippen LogP contribution < -0.4 is 0 Å². The van der Waals surface area contributed by atoms with Gasteiger partial charge in [0.1, 0.15) is 6.10 Å². The molecule has 0 bridgehead atoms. The highest BCUT2D eigenvalue weighted by Gasteiger charge is 2.09. The lowest BCUT2D eigenvalue weighted by Crippen LogP contribution is -2.26. The van der Waals surface area contributed by atoms with E-state index in [9.17, 15) is 0 Å². The Labute approximate surface area is 84.9 Å². The highest BCUT2D eigenvalue weighted by molar-refractivity contribution is 4.54. The number of aliphatic hydroxyl groups is 1. The van der Waals surface area contributed by atoms with Gasteiger partial charge >= 0.3 is 0 Å². The zero-order chi connectivity index (χ0) is 10.8. The van der Waals surface area contributed by atoms with Gasteiger partial charge in [0.2, 0.25) is 0 Å². The van der Waals surface area contributed by atoms with E-state index < -0.39 is 6.29 Å². The predicted molar refractivity (Wildman–Crippen MR) is 51.1 cm³/mol. The molecule has 0 rings (SSSR count). The Morgan fingerprint density at radius 2 is 1.64 bits per heavy atom. The predicted octanol–water partition coefficient (Wildman–Crippen LogP) is 0.0193. The fourth-order valence-electron chi connectivity index (χ4n) is 0.969. The monoisotopic (exact) mass is 208 g/mol. The fraction of sp³-hybridized carbons (Fsp3) is 1.00. The van der Waals surface area contributed by atoms with E-state index in [1.165, 1.54) is 7.11 Å². The van der Waals surface area contributed by atoms with Gasteiger partial charge in [-0.2, -0.15) is 0 Å². The Bertz CT molecular complexity index is 114. The topological polar surface area (TPSA) is 57.2 Å². The molecule has 86 valence electrons. The van der Waals surface area contributed by atoms with E-state index in [1.54, 1.807) is 14.2 Å². The molecule has 5 heteroatoms. The van der Waals surface area contributed by atoms with Crippen molar-refractivity contribution in [2.45, 2.75) is 18.8 Å². The van der Waals surface area contributed by atoms with Gasteiger partial charge in [0, 0.05) is 27.8 Å². The van der Waals surface area contributed by atoms with E-state index in [0.717, 1.165) is 0 Å². The average molecular weight is 208 g/mol. The molecule has 0 aliphatic heterocycles. The molecule has 0 aliphatic rings. The Kier molecular flexibility index (Phi) is 9.23. The van der Waals surface area contributed by atoms with Crippen LogP contribution in [0.3, 0.4) is 0 Å². The maximum Gasteiger partial charge on any atom is 0.156 e. The minimum Gasteiger partial charge on any atom is -0.382 e. The molecule has 1 N–H and O–H groups in total. The molecule has 0 fully saturated rings. The first-order valence-electron chi connectivity index (χ1n) is 4.55. The van der Waals surface area contributed by atoms with Crippen LogP contribution in [-0.4, -0.2) is 58.7 Å². The van der Waals surface area contributed by atoms with Crippen LogP contribution in [-0.2, 0) is 18.9 Å². The minimum absolute atomic E-state index is 0.0888. The van der Waals surface area contributed by atoms with Crippen molar-refractivity contribution in [1.82, 2.24) is 0 Å². The van der Waals surface area contributed by atoms with Crippen molar-refractivity contribution in [2.75, 3.05) is 41.2 Å². The van der Waals surface area contributed by atoms with Crippen LogP contribution in [0.5, 0.6) is 0 Å². The standard InChI is InChI=1S/C9H20O5/c1-11-6-8(7-12-2)14-5-4-9(10)13-3/h8-10H,4-7H2,1-3H3. The van der Waals surface area contributed by atoms with Crippen molar-refractivity contribution in [3.63, 3.8) is 0 Å². The Morgan fingerprint density at radius 3 is 2.07 bits per heavy atom. The molecule has 0 aromatic carbocycles. The highest BCUT2D eigenvalue weighted by Crippen LogP contribution is 1.98. The zero-order valence-corrected chi connectivity index (χ0v) is 9.06. The van der Waals surface area contributed by atoms with Gasteiger partial charge in [0.25, 0.3) is 0 Å². The second-order valence-electron chi connectivity index (χ2n) is 2.88. The number of hydrogen-bond acceptors (Lipinski definition) is 5. The van der Waals surface area contributed by atoms with Crippen LogP contribution >= 0.6 is 0 Å². The molecular formula is C9H20O5. The quantitative estimate of drug-likeness (QED) is 0.541. The molecule has 0 saturated carbocycles. The summed E-state index contributed by atoms with van der Waals surface area (Å²) in [6.45, 7) is 1.39. The molecule has 5 nitrogen and oxygen atoms in total. The summed E-state index contributed by atoms with van der Waals surface area (Å²) in [5.41, 5.74) is 0. The number of aliphatic hydroxyl groups excluding tert-OH is 1. The third-order valence-corrected chi connectivity index (χ3v) is 1.70. The van der Waals surface area contributed by atoms with Crippen molar-refractivity contribution < 1.29 is 24.1 Å². The van der Waals surface area contributed by atoms with E-state index in [2.05, 4.69) is 4.74 Å². The summed E-state index contributed by atoms with van der Waals surface area (Å²) >= 11 is 0. The smallest absolute Gasteiger partial charge is 0.156 e.